The Labute approximate surface area is 367 Å². The number of likely N-dealkylation sites (tertiary alicyclic amines) is 1. The number of imide groups is 2. The molecule has 0 spiro atoms. The molecule has 11 rings (SSSR count). The van der Waals surface area contributed by atoms with Crippen molar-refractivity contribution in [3.8, 4) is 11.1 Å². The van der Waals surface area contributed by atoms with Gasteiger partial charge in [0.15, 0.2) is 5.82 Å². The third kappa shape index (κ3) is 6.87. The van der Waals surface area contributed by atoms with E-state index in [1.807, 2.05) is 20.8 Å². The highest BCUT2D eigenvalue weighted by molar-refractivity contribution is 6.23. The molecule has 7 aliphatic rings. The Bertz CT molecular complexity index is 2640. The summed E-state index contributed by atoms with van der Waals surface area (Å²) in [6.07, 6.45) is 6.14. The molecule has 0 bridgehead atoms. The number of halogens is 2. The quantitative estimate of drug-likeness (QED) is 0.254. The Morgan fingerprint density at radius 2 is 1.53 bits per heavy atom. The number of nitrogens with zero attached hydrogens (tertiary/aromatic N) is 9. The van der Waals surface area contributed by atoms with Crippen molar-refractivity contribution in [3.63, 3.8) is 0 Å². The summed E-state index contributed by atoms with van der Waals surface area (Å²) >= 11 is 0. The van der Waals surface area contributed by atoms with Gasteiger partial charge in [0.1, 0.15) is 6.04 Å². The zero-order chi connectivity index (χ0) is 44.1. The van der Waals surface area contributed by atoms with E-state index >= 15 is 0 Å². The number of nitrogens with one attached hydrogen (secondary N) is 1. The third-order valence-corrected chi connectivity index (χ3v) is 14.2. The molecular formula is C46H48F2N10O6. The van der Waals surface area contributed by atoms with Crippen LogP contribution in [0.4, 0.5) is 20.3 Å². The average molecular weight is 875 g/mol. The first-order valence-corrected chi connectivity index (χ1v) is 22.4. The monoisotopic (exact) mass is 874 g/mol. The van der Waals surface area contributed by atoms with Gasteiger partial charge in [0.25, 0.3) is 18.2 Å². The number of aromatic nitrogens is 4. The van der Waals surface area contributed by atoms with Crippen LogP contribution in [0.2, 0.25) is 0 Å². The summed E-state index contributed by atoms with van der Waals surface area (Å²) < 4.78 is 33.3. The summed E-state index contributed by atoms with van der Waals surface area (Å²) in [5.74, 6) is -1.26. The molecule has 16 nitrogen and oxygen atoms in total. The summed E-state index contributed by atoms with van der Waals surface area (Å²) in [4.78, 5) is 87.1. The molecule has 332 valence electrons. The highest BCUT2D eigenvalue weighted by Gasteiger charge is 2.46. The molecule has 1 saturated carbocycles. The standard InChI is InChI=1S/C46H48F2N10O6/c1-52-20-29(19-49-52)31-15-26-3-2-11-56(38(26)18-32(31)41(47)48)42-35-23-55(44(62)25-4-5-25)14-10-36(35)58(51-42)30-8-12-54(13-9-30)40(60)24-53-21-27-16-33-34(17-28(27)22-53)46(64)57(45(33)63)37-6-7-39(59)50-43(37)61/h15-20,25,30,37,41H,2-14,21-24H2,1H3,(H,50,59,61). The van der Waals surface area contributed by atoms with Crippen LogP contribution >= 0.6 is 0 Å². The summed E-state index contributed by atoms with van der Waals surface area (Å²) in [6.45, 7) is 3.67. The molecule has 2 saturated heterocycles. The summed E-state index contributed by atoms with van der Waals surface area (Å²) in [5.41, 5.74) is 6.93. The molecule has 4 aromatic rings. The maximum atomic E-state index is 14.8. The van der Waals surface area contributed by atoms with Crippen LogP contribution < -0.4 is 10.2 Å². The van der Waals surface area contributed by atoms with Crippen LogP contribution in [-0.4, -0.2) is 113 Å². The number of carbonyl (C=O) groups is 6. The lowest BCUT2D eigenvalue weighted by atomic mass is 9.92. The number of benzene rings is 2. The van der Waals surface area contributed by atoms with Gasteiger partial charge in [-0.2, -0.15) is 10.2 Å². The second-order valence-electron chi connectivity index (χ2n) is 18.4. The van der Waals surface area contributed by atoms with Crippen LogP contribution in [0.5, 0.6) is 0 Å². The minimum absolute atomic E-state index is 0.000633. The molecule has 6 aliphatic heterocycles. The zero-order valence-corrected chi connectivity index (χ0v) is 35.5. The van der Waals surface area contributed by atoms with Gasteiger partial charge in [0, 0.05) is 99.3 Å². The first-order valence-electron chi connectivity index (χ1n) is 22.4. The van der Waals surface area contributed by atoms with E-state index in [-0.39, 0.29) is 59.9 Å². The second kappa shape index (κ2) is 15.5. The van der Waals surface area contributed by atoms with E-state index in [2.05, 4.69) is 20.0 Å². The number of alkyl halides is 2. The predicted molar refractivity (Wildman–Crippen MR) is 225 cm³/mol. The molecule has 1 N–H and O–H groups in total. The zero-order valence-electron chi connectivity index (χ0n) is 35.5. The van der Waals surface area contributed by atoms with E-state index in [1.165, 1.54) is 0 Å². The molecule has 64 heavy (non-hydrogen) atoms. The molecule has 3 fully saturated rings. The summed E-state index contributed by atoms with van der Waals surface area (Å²) in [5, 5.41) is 11.8. The van der Waals surface area contributed by atoms with Crippen molar-refractivity contribution in [3.05, 3.63) is 81.3 Å². The molecule has 1 unspecified atom stereocenters. The Balaban J connectivity index is 0.796. The van der Waals surface area contributed by atoms with Gasteiger partial charge in [-0.05, 0) is 91.5 Å². The van der Waals surface area contributed by atoms with Crippen molar-refractivity contribution in [1.29, 1.82) is 0 Å². The topological polar surface area (TPSA) is 166 Å². The molecule has 8 heterocycles. The maximum Gasteiger partial charge on any atom is 0.264 e. The van der Waals surface area contributed by atoms with Crippen molar-refractivity contribution < 1.29 is 37.5 Å². The first kappa shape index (κ1) is 40.5. The van der Waals surface area contributed by atoms with E-state index in [4.69, 9.17) is 5.10 Å². The Hall–Kier alpha value is -6.30. The molecule has 6 amide bonds. The number of carbonyl (C=O) groups excluding carboxylic acids is 6. The average Bonchev–Trinajstić information content (AvgIpc) is 3.64. The highest BCUT2D eigenvalue weighted by Crippen LogP contribution is 2.44. The Morgan fingerprint density at radius 3 is 2.19 bits per heavy atom. The molecule has 0 radical (unpaired) electrons. The van der Waals surface area contributed by atoms with Crippen LogP contribution in [0, 0.1) is 5.92 Å². The van der Waals surface area contributed by atoms with Crippen molar-refractivity contribution in [2.45, 2.75) is 95.9 Å². The molecular weight excluding hydrogens is 827 g/mol. The number of hydrogen-bond donors (Lipinski definition) is 1. The molecule has 1 atom stereocenters. The second-order valence-corrected chi connectivity index (χ2v) is 18.4. The van der Waals surface area contributed by atoms with Crippen molar-refractivity contribution in [2.75, 3.05) is 37.6 Å². The lowest BCUT2D eigenvalue weighted by Crippen LogP contribution is -2.54. The van der Waals surface area contributed by atoms with E-state index in [0.29, 0.717) is 87.7 Å². The van der Waals surface area contributed by atoms with E-state index in [1.54, 1.807) is 42.3 Å². The van der Waals surface area contributed by atoms with Gasteiger partial charge in [-0.1, -0.05) is 0 Å². The third-order valence-electron chi connectivity index (χ3n) is 14.2. The van der Waals surface area contributed by atoms with Crippen LogP contribution in [-0.2, 0) is 58.7 Å². The van der Waals surface area contributed by atoms with Crippen LogP contribution in [0.25, 0.3) is 11.1 Å². The number of rotatable bonds is 8. The van der Waals surface area contributed by atoms with Crippen LogP contribution in [0.1, 0.15) is 112 Å². The fourth-order valence-electron chi connectivity index (χ4n) is 10.8. The highest BCUT2D eigenvalue weighted by atomic mass is 19.3. The van der Waals surface area contributed by atoms with Crippen LogP contribution in [0.15, 0.2) is 36.7 Å². The van der Waals surface area contributed by atoms with E-state index in [9.17, 15) is 37.5 Å². The SMILES string of the molecule is Cn1cc(-c2cc3c(cc2C(F)F)N(c2nn(C4CCN(C(=O)CN5Cc6cc7c(cc6C5)C(=O)N(C5CCC(=O)NC5=O)C7=O)CC4)c4c2CN(C(=O)C2CC2)CC4)CCC3)cn1. The molecule has 2 aromatic carbocycles. The number of fused-ring (bicyclic) bond motifs is 4. The maximum absolute atomic E-state index is 14.8. The number of hydrogen-bond acceptors (Lipinski definition) is 10. The Kier molecular flexibility index (Phi) is 9.77. The van der Waals surface area contributed by atoms with E-state index in [0.717, 1.165) is 58.5 Å². The van der Waals surface area contributed by atoms with Gasteiger partial charge < -0.3 is 14.7 Å². The first-order chi connectivity index (χ1) is 30.9. The van der Waals surface area contributed by atoms with Crippen LogP contribution in [0.3, 0.4) is 0 Å². The molecule has 18 heteroatoms. The van der Waals surface area contributed by atoms with Gasteiger partial charge >= 0.3 is 0 Å². The number of aryl methyl sites for hydroxylation is 2. The minimum atomic E-state index is -2.70. The van der Waals surface area contributed by atoms with Gasteiger partial charge in [0.05, 0.1) is 36.5 Å². The van der Waals surface area contributed by atoms with Gasteiger partial charge in [0.2, 0.25) is 23.6 Å². The number of anilines is 2. The van der Waals surface area contributed by atoms with Gasteiger partial charge in [-0.25, -0.2) is 8.78 Å². The van der Waals surface area contributed by atoms with Gasteiger partial charge in [-0.15, -0.1) is 0 Å². The largest absolute Gasteiger partial charge is 0.341 e. The minimum Gasteiger partial charge on any atom is -0.341 e. The lowest BCUT2D eigenvalue weighted by Gasteiger charge is -2.34. The van der Waals surface area contributed by atoms with Crippen molar-refractivity contribution >= 4 is 46.9 Å². The molecule has 2 aromatic heterocycles. The van der Waals surface area contributed by atoms with Crippen molar-refractivity contribution in [2.24, 2.45) is 13.0 Å². The predicted octanol–water partition coefficient (Wildman–Crippen LogP) is 4.18. The van der Waals surface area contributed by atoms with Crippen molar-refractivity contribution in [1.82, 2.24) is 44.5 Å². The van der Waals surface area contributed by atoms with Gasteiger partial charge in [-0.3, -0.25) is 53.2 Å². The fraction of sp³-hybridized carbons (Fsp3) is 0.478. The lowest BCUT2D eigenvalue weighted by molar-refractivity contribution is -0.136. The number of piperidine rings is 2. The number of amides is 6. The normalized spacial score (nSPS) is 21.4. The molecule has 1 aliphatic carbocycles. The Morgan fingerprint density at radius 1 is 0.812 bits per heavy atom. The smallest absolute Gasteiger partial charge is 0.264 e. The fourth-order valence-corrected chi connectivity index (χ4v) is 10.8. The summed E-state index contributed by atoms with van der Waals surface area (Å²) in [6, 6.07) is 5.87. The summed E-state index contributed by atoms with van der Waals surface area (Å²) in [7, 11) is 1.77. The van der Waals surface area contributed by atoms with E-state index < -0.39 is 36.1 Å².